The lowest BCUT2D eigenvalue weighted by Gasteiger charge is -2.09. The van der Waals surface area contributed by atoms with Crippen molar-refractivity contribution in [2.75, 3.05) is 19.5 Å². The van der Waals surface area contributed by atoms with Crippen molar-refractivity contribution in [2.24, 2.45) is 5.10 Å². The maximum absolute atomic E-state index is 10.8. The Hall–Kier alpha value is -3.27. The van der Waals surface area contributed by atoms with Crippen LogP contribution in [0.1, 0.15) is 18.2 Å². The molecule has 0 N–H and O–H groups in total. The number of carbonyl (C=O) groups excluding carboxylic acids is 1. The Morgan fingerprint density at radius 3 is 2.83 bits per heavy atom. The zero-order valence-electron chi connectivity index (χ0n) is 16.1. The molecule has 0 saturated heterocycles. The number of nitrogens with zero attached hydrogens (tertiary/aromatic N) is 4. The second-order valence-corrected chi connectivity index (χ2v) is 6.70. The van der Waals surface area contributed by atoms with E-state index >= 15 is 0 Å². The average molecular weight is 415 g/mol. The molecule has 0 radical (unpaired) electrons. The summed E-state index contributed by atoms with van der Waals surface area (Å²) >= 11 is 0.970. The van der Waals surface area contributed by atoms with E-state index in [1.54, 1.807) is 44.7 Å². The highest BCUT2D eigenvalue weighted by Crippen LogP contribution is 2.29. The number of methoxy groups -OCH3 is 1. The molecule has 0 bridgehead atoms. The molecule has 0 aliphatic carbocycles. The van der Waals surface area contributed by atoms with Gasteiger partial charge in [-0.3, -0.25) is 0 Å². The lowest BCUT2D eigenvalue weighted by atomic mass is 10.2. The number of carbonyl (C=O) groups is 1. The van der Waals surface area contributed by atoms with Crippen LogP contribution in [0.4, 0.5) is 0 Å². The number of hydrogen-bond acceptors (Lipinski definition) is 9. The number of hydrogen-bond donors (Lipinski definition) is 0. The molecular formula is C19H19N4O5S-. The molecule has 0 fully saturated rings. The van der Waals surface area contributed by atoms with Crippen molar-refractivity contribution in [3.63, 3.8) is 0 Å². The first-order chi connectivity index (χ1) is 14.0. The predicted molar refractivity (Wildman–Crippen MR) is 105 cm³/mol. The van der Waals surface area contributed by atoms with Crippen molar-refractivity contribution in [2.45, 2.75) is 19.0 Å². The number of benzene rings is 1. The molecule has 0 aliphatic rings. The van der Waals surface area contributed by atoms with Crippen LogP contribution in [0.5, 0.6) is 11.5 Å². The first-order valence-corrected chi connectivity index (χ1v) is 9.69. The van der Waals surface area contributed by atoms with Gasteiger partial charge in [0.2, 0.25) is 5.16 Å². The third-order valence-electron chi connectivity index (χ3n) is 3.84. The van der Waals surface area contributed by atoms with Gasteiger partial charge in [0, 0.05) is 5.75 Å². The van der Waals surface area contributed by atoms with E-state index in [-0.39, 0.29) is 5.75 Å². The van der Waals surface area contributed by atoms with Gasteiger partial charge in [-0.05, 0) is 43.7 Å². The van der Waals surface area contributed by atoms with Crippen molar-refractivity contribution in [3.05, 3.63) is 41.9 Å². The minimum atomic E-state index is -1.20. The van der Waals surface area contributed by atoms with E-state index in [1.165, 1.54) is 4.68 Å². The smallest absolute Gasteiger partial charge is 0.212 e. The van der Waals surface area contributed by atoms with Crippen molar-refractivity contribution >= 4 is 23.9 Å². The first kappa shape index (κ1) is 20.5. The summed E-state index contributed by atoms with van der Waals surface area (Å²) in [6.45, 7) is 4.18. The molecule has 1 aromatic carbocycles. The monoisotopic (exact) mass is 415 g/mol. The Bertz CT molecular complexity index is 1030. The fraction of sp³-hybridized carbons (Fsp3) is 0.263. The maximum Gasteiger partial charge on any atom is 0.212 e. The summed E-state index contributed by atoms with van der Waals surface area (Å²) < 4.78 is 17.7. The zero-order valence-corrected chi connectivity index (χ0v) is 16.9. The van der Waals surface area contributed by atoms with E-state index in [9.17, 15) is 9.90 Å². The van der Waals surface area contributed by atoms with Gasteiger partial charge in [0.15, 0.2) is 17.3 Å². The summed E-state index contributed by atoms with van der Waals surface area (Å²) in [6.07, 6.45) is 3.15. The normalized spacial score (nSPS) is 11.1. The van der Waals surface area contributed by atoms with E-state index in [1.807, 2.05) is 13.0 Å². The third-order valence-corrected chi connectivity index (χ3v) is 4.73. The Balaban J connectivity index is 1.98. The molecule has 29 heavy (non-hydrogen) atoms. The second-order valence-electron chi connectivity index (χ2n) is 5.76. The Kier molecular flexibility index (Phi) is 6.55. The highest BCUT2D eigenvalue weighted by Gasteiger charge is 2.17. The highest BCUT2D eigenvalue weighted by atomic mass is 32.2. The van der Waals surface area contributed by atoms with Crippen LogP contribution in [0.15, 0.2) is 45.2 Å². The molecule has 2 aromatic heterocycles. The standard InChI is InChI=1S/C19H20N4O5S/c1-4-27-16-9-13(5-6-15(16)26-3)10-20-23-18(14-7-8-28-12(14)2)21-22-19(23)29-11-17(24)25/h5-10H,4,11H2,1-3H3,(H,24,25)/p-1/b20-10-. The van der Waals surface area contributed by atoms with Crippen molar-refractivity contribution in [3.8, 4) is 22.9 Å². The number of carboxylic acids is 1. The summed E-state index contributed by atoms with van der Waals surface area (Å²) in [5, 5.41) is 23.8. The number of aryl methyl sites for hydroxylation is 1. The highest BCUT2D eigenvalue weighted by molar-refractivity contribution is 7.99. The third kappa shape index (κ3) is 4.77. The number of thioether (sulfide) groups is 1. The van der Waals surface area contributed by atoms with Gasteiger partial charge in [0.25, 0.3) is 0 Å². The summed E-state index contributed by atoms with van der Waals surface area (Å²) in [5.74, 6) is 0.828. The summed E-state index contributed by atoms with van der Waals surface area (Å²) in [6, 6.07) is 7.16. The summed E-state index contributed by atoms with van der Waals surface area (Å²) in [7, 11) is 1.57. The van der Waals surface area contributed by atoms with E-state index in [0.29, 0.717) is 40.4 Å². The molecule has 2 heterocycles. The molecule has 3 rings (SSSR count). The van der Waals surface area contributed by atoms with Crippen molar-refractivity contribution < 1.29 is 23.8 Å². The van der Waals surface area contributed by atoms with Crippen LogP contribution in [-0.4, -0.2) is 46.5 Å². The first-order valence-electron chi connectivity index (χ1n) is 8.71. The lowest BCUT2D eigenvalue weighted by molar-refractivity contribution is -0.301. The Labute approximate surface area is 171 Å². The molecule has 10 heteroatoms. The molecular weight excluding hydrogens is 396 g/mol. The Morgan fingerprint density at radius 2 is 2.17 bits per heavy atom. The topological polar surface area (TPSA) is 115 Å². The van der Waals surface area contributed by atoms with Gasteiger partial charge in [0.05, 0.1) is 37.7 Å². The lowest BCUT2D eigenvalue weighted by Crippen LogP contribution is -2.24. The van der Waals surface area contributed by atoms with Gasteiger partial charge < -0.3 is 23.8 Å². The van der Waals surface area contributed by atoms with Crippen LogP contribution in [0.3, 0.4) is 0 Å². The molecule has 0 atom stereocenters. The van der Waals surface area contributed by atoms with Crippen LogP contribution >= 0.6 is 11.8 Å². The van der Waals surface area contributed by atoms with E-state index < -0.39 is 5.97 Å². The van der Waals surface area contributed by atoms with Crippen LogP contribution in [0.25, 0.3) is 11.4 Å². The number of ether oxygens (including phenoxy) is 2. The average Bonchev–Trinajstić information content (AvgIpc) is 3.30. The van der Waals surface area contributed by atoms with E-state index in [2.05, 4.69) is 15.3 Å². The summed E-state index contributed by atoms with van der Waals surface area (Å²) in [4.78, 5) is 10.8. The Morgan fingerprint density at radius 1 is 1.34 bits per heavy atom. The van der Waals surface area contributed by atoms with E-state index in [0.717, 1.165) is 17.3 Å². The molecule has 0 saturated carbocycles. The van der Waals surface area contributed by atoms with E-state index in [4.69, 9.17) is 13.9 Å². The number of aliphatic carboxylic acids is 1. The second kappa shape index (κ2) is 9.28. The number of rotatable bonds is 9. The van der Waals surface area contributed by atoms with Gasteiger partial charge >= 0.3 is 0 Å². The summed E-state index contributed by atoms with van der Waals surface area (Å²) in [5.41, 5.74) is 1.47. The van der Waals surface area contributed by atoms with Gasteiger partial charge in [-0.2, -0.15) is 9.78 Å². The van der Waals surface area contributed by atoms with Gasteiger partial charge in [0.1, 0.15) is 5.76 Å². The van der Waals surface area contributed by atoms with Crippen molar-refractivity contribution in [1.29, 1.82) is 0 Å². The fourth-order valence-electron chi connectivity index (χ4n) is 2.53. The molecule has 0 unspecified atom stereocenters. The molecule has 0 aliphatic heterocycles. The minimum Gasteiger partial charge on any atom is -0.549 e. The van der Waals surface area contributed by atoms with Gasteiger partial charge in [-0.25, -0.2) is 0 Å². The van der Waals surface area contributed by atoms with Crippen molar-refractivity contribution in [1.82, 2.24) is 14.9 Å². The SMILES string of the molecule is CCOc1cc(/C=N\n2c(SCC(=O)[O-])nnc2-c2ccoc2C)ccc1OC. The number of carboxylic acid groups (broad SMARTS) is 1. The van der Waals surface area contributed by atoms with Crippen LogP contribution in [0, 0.1) is 6.92 Å². The predicted octanol–water partition coefficient (Wildman–Crippen LogP) is 1.98. The van der Waals surface area contributed by atoms with Gasteiger partial charge in [-0.15, -0.1) is 10.2 Å². The fourth-order valence-corrected chi connectivity index (χ4v) is 3.14. The molecule has 3 aromatic rings. The van der Waals surface area contributed by atoms with Crippen LogP contribution in [-0.2, 0) is 4.79 Å². The maximum atomic E-state index is 10.8. The number of aromatic nitrogens is 3. The molecule has 0 spiro atoms. The quantitative estimate of drug-likeness (QED) is 0.385. The molecule has 152 valence electrons. The van der Waals surface area contributed by atoms with Crippen LogP contribution < -0.4 is 14.6 Å². The zero-order chi connectivity index (χ0) is 20.8. The minimum absolute atomic E-state index is 0.269. The van der Waals surface area contributed by atoms with Crippen LogP contribution in [0.2, 0.25) is 0 Å². The number of furan rings is 1. The largest absolute Gasteiger partial charge is 0.549 e. The molecule has 0 amide bonds. The molecule has 9 nitrogen and oxygen atoms in total. The van der Waals surface area contributed by atoms with Gasteiger partial charge in [-0.1, -0.05) is 11.8 Å².